The number of hydrogen-bond acceptors (Lipinski definition) is 4. The van der Waals surface area contributed by atoms with Crippen LogP contribution in [0.25, 0.3) is 0 Å². The molecule has 0 aromatic heterocycles. The zero-order chi connectivity index (χ0) is 13.8. The highest BCUT2D eigenvalue weighted by molar-refractivity contribution is 5.40. The van der Waals surface area contributed by atoms with Gasteiger partial charge in [0, 0.05) is 18.2 Å². The van der Waals surface area contributed by atoms with E-state index < -0.39 is 10.7 Å². The molecule has 5 nitrogen and oxygen atoms in total. The Morgan fingerprint density at radius 3 is 2.89 bits per heavy atom. The van der Waals surface area contributed by atoms with E-state index in [1.807, 2.05) is 0 Å². The summed E-state index contributed by atoms with van der Waals surface area (Å²) in [6.07, 6.45) is 2.31. The molecule has 1 aliphatic carbocycles. The van der Waals surface area contributed by atoms with Crippen molar-refractivity contribution in [3.8, 4) is 0 Å². The highest BCUT2D eigenvalue weighted by Gasteiger charge is 2.22. The third-order valence-corrected chi connectivity index (χ3v) is 3.50. The van der Waals surface area contributed by atoms with E-state index in [2.05, 4.69) is 5.32 Å². The molecule has 1 aliphatic rings. The van der Waals surface area contributed by atoms with E-state index in [4.69, 9.17) is 0 Å². The normalized spacial score (nSPS) is 22.6. The standard InChI is InChI=1S/C13H17FN2O3/c14-11-2-4-13(16(18)19)10(6-11)8-15-7-9-1-3-12(17)5-9/h2,4,6,9,12,15,17H,1,3,5,7-8H2. The van der Waals surface area contributed by atoms with Crippen LogP contribution >= 0.6 is 0 Å². The predicted octanol–water partition coefficient (Wildman–Crippen LogP) is 1.98. The van der Waals surface area contributed by atoms with Gasteiger partial charge in [-0.3, -0.25) is 10.1 Å². The molecule has 1 saturated carbocycles. The van der Waals surface area contributed by atoms with Gasteiger partial charge in [0.1, 0.15) is 5.82 Å². The monoisotopic (exact) mass is 268 g/mol. The van der Waals surface area contributed by atoms with Gasteiger partial charge in [0.05, 0.1) is 11.0 Å². The van der Waals surface area contributed by atoms with E-state index in [1.54, 1.807) is 0 Å². The van der Waals surface area contributed by atoms with Crippen molar-refractivity contribution in [3.05, 3.63) is 39.7 Å². The summed E-state index contributed by atoms with van der Waals surface area (Å²) in [4.78, 5) is 10.3. The van der Waals surface area contributed by atoms with Crippen LogP contribution in [0.1, 0.15) is 24.8 Å². The molecular weight excluding hydrogens is 251 g/mol. The minimum atomic E-state index is -0.504. The van der Waals surface area contributed by atoms with Crippen LogP contribution in [0.3, 0.4) is 0 Å². The SMILES string of the molecule is O=[N+]([O-])c1ccc(F)cc1CNCC1CCC(O)C1. The van der Waals surface area contributed by atoms with Crippen molar-refractivity contribution >= 4 is 5.69 Å². The Kier molecular flexibility index (Phi) is 4.44. The van der Waals surface area contributed by atoms with Gasteiger partial charge in [0.25, 0.3) is 5.69 Å². The van der Waals surface area contributed by atoms with E-state index >= 15 is 0 Å². The van der Waals surface area contributed by atoms with Gasteiger partial charge in [-0.05, 0) is 43.9 Å². The lowest BCUT2D eigenvalue weighted by atomic mass is 10.1. The van der Waals surface area contributed by atoms with Crippen molar-refractivity contribution in [2.75, 3.05) is 6.54 Å². The van der Waals surface area contributed by atoms with Gasteiger partial charge in [-0.15, -0.1) is 0 Å². The van der Waals surface area contributed by atoms with Crippen LogP contribution < -0.4 is 5.32 Å². The fourth-order valence-electron chi connectivity index (χ4n) is 2.52. The van der Waals surface area contributed by atoms with Crippen molar-refractivity contribution in [1.82, 2.24) is 5.32 Å². The highest BCUT2D eigenvalue weighted by Crippen LogP contribution is 2.25. The van der Waals surface area contributed by atoms with Gasteiger partial charge in [-0.25, -0.2) is 4.39 Å². The number of rotatable bonds is 5. The number of halogens is 1. The third-order valence-electron chi connectivity index (χ3n) is 3.50. The van der Waals surface area contributed by atoms with E-state index in [9.17, 15) is 19.6 Å². The average molecular weight is 268 g/mol. The van der Waals surface area contributed by atoms with E-state index in [0.29, 0.717) is 18.0 Å². The fourth-order valence-corrected chi connectivity index (χ4v) is 2.52. The predicted molar refractivity (Wildman–Crippen MR) is 68.1 cm³/mol. The van der Waals surface area contributed by atoms with Crippen molar-refractivity contribution in [3.63, 3.8) is 0 Å². The third kappa shape index (κ3) is 3.71. The molecule has 19 heavy (non-hydrogen) atoms. The number of nitrogens with one attached hydrogen (secondary N) is 1. The van der Waals surface area contributed by atoms with Crippen LogP contribution in [-0.4, -0.2) is 22.7 Å². The zero-order valence-electron chi connectivity index (χ0n) is 10.5. The van der Waals surface area contributed by atoms with Gasteiger partial charge in [-0.2, -0.15) is 0 Å². The molecule has 0 spiro atoms. The molecular formula is C13H17FN2O3. The van der Waals surface area contributed by atoms with Crippen molar-refractivity contribution < 1.29 is 14.4 Å². The first-order valence-corrected chi connectivity index (χ1v) is 6.38. The number of aliphatic hydroxyl groups excluding tert-OH is 1. The Morgan fingerprint density at radius 2 is 2.26 bits per heavy atom. The molecule has 6 heteroatoms. The number of nitro benzene ring substituents is 1. The molecule has 0 heterocycles. The first-order chi connectivity index (χ1) is 9.06. The van der Waals surface area contributed by atoms with E-state index in [1.165, 1.54) is 12.1 Å². The molecule has 0 bridgehead atoms. The second kappa shape index (κ2) is 6.08. The topological polar surface area (TPSA) is 75.4 Å². The second-order valence-electron chi connectivity index (χ2n) is 4.99. The fraction of sp³-hybridized carbons (Fsp3) is 0.538. The highest BCUT2D eigenvalue weighted by atomic mass is 19.1. The number of hydrogen-bond donors (Lipinski definition) is 2. The first-order valence-electron chi connectivity index (χ1n) is 6.38. The maximum Gasteiger partial charge on any atom is 0.274 e. The summed E-state index contributed by atoms with van der Waals surface area (Å²) in [5.74, 6) is -0.0821. The Morgan fingerprint density at radius 1 is 1.47 bits per heavy atom. The summed E-state index contributed by atoms with van der Waals surface area (Å²) in [6, 6.07) is 3.47. The molecule has 1 aromatic carbocycles. The van der Waals surface area contributed by atoms with Crippen LogP contribution in [-0.2, 0) is 6.54 Å². The summed E-state index contributed by atoms with van der Waals surface area (Å²) < 4.78 is 13.1. The Hall–Kier alpha value is -1.53. The Balaban J connectivity index is 1.91. The van der Waals surface area contributed by atoms with Crippen molar-refractivity contribution in [2.24, 2.45) is 5.92 Å². The van der Waals surface area contributed by atoms with Gasteiger partial charge < -0.3 is 10.4 Å². The lowest BCUT2D eigenvalue weighted by Gasteiger charge is -2.11. The molecule has 0 saturated heterocycles. The molecule has 2 atom stereocenters. The second-order valence-corrected chi connectivity index (χ2v) is 4.99. The quantitative estimate of drug-likeness (QED) is 0.632. The van der Waals surface area contributed by atoms with Crippen LogP contribution in [0.4, 0.5) is 10.1 Å². The summed E-state index contributed by atoms with van der Waals surface area (Å²) in [5, 5.41) is 23.3. The van der Waals surface area contributed by atoms with E-state index in [0.717, 1.165) is 25.3 Å². The maximum atomic E-state index is 13.1. The Labute approximate surface area is 110 Å². The van der Waals surface area contributed by atoms with E-state index in [-0.39, 0.29) is 18.3 Å². The molecule has 1 fully saturated rings. The van der Waals surface area contributed by atoms with Gasteiger partial charge in [-0.1, -0.05) is 0 Å². The van der Waals surface area contributed by atoms with Crippen molar-refractivity contribution in [1.29, 1.82) is 0 Å². The number of benzene rings is 1. The smallest absolute Gasteiger partial charge is 0.274 e. The minimum Gasteiger partial charge on any atom is -0.393 e. The molecule has 1 aromatic rings. The molecule has 2 rings (SSSR count). The summed E-state index contributed by atoms with van der Waals surface area (Å²) >= 11 is 0. The lowest BCUT2D eigenvalue weighted by Crippen LogP contribution is -2.22. The summed E-state index contributed by atoms with van der Waals surface area (Å²) in [6.45, 7) is 0.950. The Bertz CT molecular complexity index is 467. The molecule has 0 radical (unpaired) electrons. The minimum absolute atomic E-state index is 0.0691. The molecule has 2 unspecified atom stereocenters. The zero-order valence-corrected chi connectivity index (χ0v) is 10.5. The van der Waals surface area contributed by atoms with Crippen LogP contribution in [0.5, 0.6) is 0 Å². The summed E-state index contributed by atoms with van der Waals surface area (Å²) in [7, 11) is 0. The number of aliphatic hydroxyl groups is 1. The average Bonchev–Trinajstić information content (AvgIpc) is 2.75. The number of nitro groups is 1. The van der Waals surface area contributed by atoms with Gasteiger partial charge in [0.15, 0.2) is 0 Å². The van der Waals surface area contributed by atoms with Crippen LogP contribution in [0.15, 0.2) is 18.2 Å². The first kappa shape index (κ1) is 13.9. The van der Waals surface area contributed by atoms with Crippen molar-refractivity contribution in [2.45, 2.75) is 31.9 Å². The molecule has 104 valence electrons. The maximum absolute atomic E-state index is 13.1. The van der Waals surface area contributed by atoms with Crippen LogP contribution in [0, 0.1) is 21.8 Å². The molecule has 2 N–H and O–H groups in total. The van der Waals surface area contributed by atoms with Crippen LogP contribution in [0.2, 0.25) is 0 Å². The largest absolute Gasteiger partial charge is 0.393 e. The molecule has 0 amide bonds. The summed E-state index contributed by atoms with van der Waals surface area (Å²) in [5.41, 5.74) is 0.281. The van der Waals surface area contributed by atoms with Gasteiger partial charge in [0.2, 0.25) is 0 Å². The lowest BCUT2D eigenvalue weighted by molar-refractivity contribution is -0.385. The molecule has 0 aliphatic heterocycles. The van der Waals surface area contributed by atoms with Gasteiger partial charge >= 0.3 is 0 Å². The number of nitrogens with zero attached hydrogens (tertiary/aromatic N) is 1.